The summed E-state index contributed by atoms with van der Waals surface area (Å²) in [6.45, 7) is 8.53. The van der Waals surface area contributed by atoms with Crippen molar-refractivity contribution < 1.29 is 14.3 Å². The average Bonchev–Trinajstić information content (AvgIpc) is 2.55. The van der Waals surface area contributed by atoms with Gasteiger partial charge in [-0.2, -0.15) is 0 Å². The van der Waals surface area contributed by atoms with E-state index in [1.165, 1.54) is 12.7 Å². The molecule has 1 aromatic rings. The molecule has 0 amide bonds. The molecule has 1 aliphatic rings. The van der Waals surface area contributed by atoms with Crippen molar-refractivity contribution in [2.45, 2.75) is 58.5 Å². The molecule has 1 atom stereocenters. The summed E-state index contributed by atoms with van der Waals surface area (Å²) in [6, 6.07) is 5.75. The first-order valence-electron chi connectivity index (χ1n) is 8.60. The van der Waals surface area contributed by atoms with E-state index in [0.717, 1.165) is 36.3 Å². The molecule has 0 N–H and O–H groups in total. The third kappa shape index (κ3) is 3.42. The first kappa shape index (κ1) is 18.4. The Labute approximate surface area is 145 Å². The van der Waals surface area contributed by atoms with Crippen LogP contribution in [0.2, 0.25) is 0 Å². The highest BCUT2D eigenvalue weighted by atomic mass is 16.5. The van der Waals surface area contributed by atoms with E-state index in [1.54, 1.807) is 7.11 Å². The fraction of sp³-hybridized carbons (Fsp3) is 0.550. The average molecular weight is 331 g/mol. The summed E-state index contributed by atoms with van der Waals surface area (Å²) >= 11 is 0. The van der Waals surface area contributed by atoms with Gasteiger partial charge in [0.05, 0.1) is 19.8 Å². The fourth-order valence-corrected chi connectivity index (χ4v) is 3.61. The molecule has 0 radical (unpaired) electrons. The molecule has 0 bridgehead atoms. The molecule has 0 fully saturated rings. The van der Waals surface area contributed by atoms with Gasteiger partial charge in [-0.1, -0.05) is 25.8 Å². The first-order valence-corrected chi connectivity index (χ1v) is 8.60. The van der Waals surface area contributed by atoms with E-state index in [-0.39, 0.29) is 17.6 Å². The Bertz CT molecular complexity index is 634. The lowest BCUT2D eigenvalue weighted by molar-refractivity contribution is -0.142. The van der Waals surface area contributed by atoms with Gasteiger partial charge in [-0.25, -0.2) is 4.79 Å². The van der Waals surface area contributed by atoms with Crippen LogP contribution in [0.4, 0.5) is 5.69 Å². The predicted octanol–water partition coefficient (Wildman–Crippen LogP) is 4.43. The number of anilines is 1. The van der Waals surface area contributed by atoms with Crippen molar-refractivity contribution in [1.29, 1.82) is 0 Å². The molecular weight excluding hydrogens is 302 g/mol. The van der Waals surface area contributed by atoms with E-state index in [9.17, 15) is 4.79 Å². The topological polar surface area (TPSA) is 38.8 Å². The molecule has 0 saturated carbocycles. The maximum Gasteiger partial charge on any atom is 0.328 e. The molecule has 132 valence electrons. The minimum Gasteiger partial charge on any atom is -0.497 e. The molecule has 1 aromatic carbocycles. The van der Waals surface area contributed by atoms with E-state index >= 15 is 0 Å². The molecule has 2 rings (SSSR count). The van der Waals surface area contributed by atoms with E-state index < -0.39 is 0 Å². The monoisotopic (exact) mass is 331 g/mol. The summed E-state index contributed by atoms with van der Waals surface area (Å²) in [4.78, 5) is 14.7. The number of esters is 1. The van der Waals surface area contributed by atoms with E-state index in [4.69, 9.17) is 9.47 Å². The second-order valence-corrected chi connectivity index (χ2v) is 6.92. The van der Waals surface area contributed by atoms with Gasteiger partial charge in [-0.05, 0) is 44.9 Å². The van der Waals surface area contributed by atoms with Crippen molar-refractivity contribution in [1.82, 2.24) is 0 Å². The Hall–Kier alpha value is -1.97. The normalized spacial score (nSPS) is 16.9. The summed E-state index contributed by atoms with van der Waals surface area (Å²) < 4.78 is 10.5. The van der Waals surface area contributed by atoms with Crippen LogP contribution in [0, 0.1) is 0 Å². The van der Waals surface area contributed by atoms with Gasteiger partial charge in [-0.3, -0.25) is 0 Å². The van der Waals surface area contributed by atoms with E-state index in [1.807, 2.05) is 12.1 Å². The van der Waals surface area contributed by atoms with Crippen molar-refractivity contribution in [3.8, 4) is 5.75 Å². The summed E-state index contributed by atoms with van der Waals surface area (Å²) in [7, 11) is 3.13. The molecular formula is C20H29NO3. The smallest absolute Gasteiger partial charge is 0.328 e. The van der Waals surface area contributed by atoms with Gasteiger partial charge in [-0.15, -0.1) is 0 Å². The minimum atomic E-state index is -0.305. The SMILES string of the molecule is CCCC[C@@H](C(=O)OC)N1c2cc(OC)ccc2C(C)=CC1(C)C. The highest BCUT2D eigenvalue weighted by molar-refractivity contribution is 5.88. The lowest BCUT2D eigenvalue weighted by atomic mass is 9.86. The first-order chi connectivity index (χ1) is 11.4. The number of carbonyl (C=O) groups excluding carboxylic acids is 1. The van der Waals surface area contributed by atoms with Crippen molar-refractivity contribution in [3.63, 3.8) is 0 Å². The summed E-state index contributed by atoms with van der Waals surface area (Å²) in [6.07, 6.45) is 5.02. The maximum absolute atomic E-state index is 12.5. The van der Waals surface area contributed by atoms with Crippen molar-refractivity contribution >= 4 is 17.2 Å². The molecule has 0 unspecified atom stereocenters. The van der Waals surface area contributed by atoms with Gasteiger partial charge in [0.1, 0.15) is 11.8 Å². The largest absolute Gasteiger partial charge is 0.497 e. The van der Waals surface area contributed by atoms with E-state index in [0.29, 0.717) is 0 Å². The van der Waals surface area contributed by atoms with Crippen LogP contribution in [0.25, 0.3) is 5.57 Å². The number of carbonyl (C=O) groups is 1. The third-order valence-corrected chi connectivity index (χ3v) is 4.70. The molecule has 0 aromatic heterocycles. The summed E-state index contributed by atoms with van der Waals surface area (Å²) in [5, 5.41) is 0. The number of ether oxygens (including phenoxy) is 2. The maximum atomic E-state index is 12.5. The Morgan fingerprint density at radius 1 is 1.29 bits per heavy atom. The van der Waals surface area contributed by atoms with Crippen LogP contribution in [0.5, 0.6) is 5.75 Å². The number of hydrogen-bond donors (Lipinski definition) is 0. The van der Waals surface area contributed by atoms with Crippen LogP contribution < -0.4 is 9.64 Å². The number of fused-ring (bicyclic) bond motifs is 1. The Kier molecular flexibility index (Phi) is 5.58. The molecule has 0 spiro atoms. The zero-order valence-corrected chi connectivity index (χ0v) is 15.7. The number of hydrogen-bond acceptors (Lipinski definition) is 4. The Morgan fingerprint density at radius 3 is 2.58 bits per heavy atom. The number of allylic oxidation sites excluding steroid dienone is 1. The number of benzene rings is 1. The second kappa shape index (κ2) is 7.29. The van der Waals surface area contributed by atoms with Crippen molar-refractivity contribution in [2.75, 3.05) is 19.1 Å². The summed E-state index contributed by atoms with van der Waals surface area (Å²) in [5.74, 6) is 0.613. The number of methoxy groups -OCH3 is 2. The lowest BCUT2D eigenvalue weighted by Gasteiger charge is -2.46. The highest BCUT2D eigenvalue weighted by Crippen LogP contribution is 2.42. The van der Waals surface area contributed by atoms with E-state index in [2.05, 4.69) is 44.7 Å². The zero-order chi connectivity index (χ0) is 17.9. The number of unbranched alkanes of at least 4 members (excludes halogenated alkanes) is 1. The molecule has 4 heteroatoms. The predicted molar refractivity (Wildman–Crippen MR) is 98.5 cm³/mol. The van der Waals surface area contributed by atoms with Crippen LogP contribution in [-0.4, -0.2) is 31.8 Å². The van der Waals surface area contributed by atoms with Gasteiger partial charge in [0, 0.05) is 17.3 Å². The molecule has 24 heavy (non-hydrogen) atoms. The lowest BCUT2D eigenvalue weighted by Crippen LogP contribution is -2.54. The molecule has 0 saturated heterocycles. The fourth-order valence-electron chi connectivity index (χ4n) is 3.61. The van der Waals surface area contributed by atoms with Crippen LogP contribution >= 0.6 is 0 Å². The third-order valence-electron chi connectivity index (χ3n) is 4.70. The van der Waals surface area contributed by atoms with Crippen molar-refractivity contribution in [2.24, 2.45) is 0 Å². The molecule has 4 nitrogen and oxygen atoms in total. The standard InChI is InChI=1S/C20H29NO3/c1-7-8-9-17(19(22)24-6)21-18-12-15(23-5)10-11-16(18)14(2)13-20(21,3)4/h10-13,17H,7-9H2,1-6H3/t17-/m0/s1. The Balaban J connectivity index is 2.58. The van der Waals surface area contributed by atoms with Crippen molar-refractivity contribution in [3.05, 3.63) is 29.8 Å². The van der Waals surface area contributed by atoms with Gasteiger partial charge in [0.15, 0.2) is 0 Å². The van der Waals surface area contributed by atoms with Gasteiger partial charge in [0.2, 0.25) is 0 Å². The van der Waals surface area contributed by atoms with Gasteiger partial charge >= 0.3 is 5.97 Å². The van der Waals surface area contributed by atoms with Crippen LogP contribution in [0.1, 0.15) is 52.5 Å². The van der Waals surface area contributed by atoms with Crippen LogP contribution in [-0.2, 0) is 9.53 Å². The number of nitrogens with zero attached hydrogens (tertiary/aromatic N) is 1. The zero-order valence-electron chi connectivity index (χ0n) is 15.7. The van der Waals surface area contributed by atoms with Crippen LogP contribution in [0.3, 0.4) is 0 Å². The van der Waals surface area contributed by atoms with Gasteiger partial charge < -0.3 is 14.4 Å². The molecule has 1 aliphatic heterocycles. The second-order valence-electron chi connectivity index (χ2n) is 6.92. The molecule has 0 aliphatic carbocycles. The number of rotatable bonds is 6. The minimum absolute atomic E-state index is 0.182. The summed E-state index contributed by atoms with van der Waals surface area (Å²) in [5.41, 5.74) is 3.11. The Morgan fingerprint density at radius 2 is 2.00 bits per heavy atom. The highest BCUT2D eigenvalue weighted by Gasteiger charge is 2.39. The molecule has 1 heterocycles. The van der Waals surface area contributed by atoms with Crippen LogP contribution in [0.15, 0.2) is 24.3 Å². The quantitative estimate of drug-likeness (QED) is 0.723. The van der Waals surface area contributed by atoms with Gasteiger partial charge in [0.25, 0.3) is 0 Å².